The van der Waals surface area contributed by atoms with Gasteiger partial charge in [0, 0.05) is 11.2 Å². The molecule has 0 atom stereocenters. The summed E-state index contributed by atoms with van der Waals surface area (Å²) in [6, 6.07) is 18.0. The Hall–Kier alpha value is -2.24. The van der Waals surface area contributed by atoms with Crippen molar-refractivity contribution in [2.45, 2.75) is 6.92 Å². The summed E-state index contributed by atoms with van der Waals surface area (Å²) in [6.45, 7) is 2.59. The zero-order valence-electron chi connectivity index (χ0n) is 12.5. The first-order valence-electron chi connectivity index (χ1n) is 7.42. The molecule has 4 rings (SSSR count). The minimum Gasteiger partial charge on any atom is -0.284 e. The van der Waals surface area contributed by atoms with Crippen LogP contribution in [0.3, 0.4) is 0 Å². The molecule has 0 saturated carbocycles. The van der Waals surface area contributed by atoms with Crippen LogP contribution < -0.4 is 4.90 Å². The van der Waals surface area contributed by atoms with Gasteiger partial charge in [0.1, 0.15) is 0 Å². The first-order valence-corrected chi connectivity index (χ1v) is 9.05. The normalized spacial score (nSPS) is 11.2. The number of fused-ring (bicyclic) bond motifs is 2. The monoisotopic (exact) mass is 338 g/mol. The van der Waals surface area contributed by atoms with Crippen LogP contribution in [-0.2, 0) is 0 Å². The summed E-state index contributed by atoms with van der Waals surface area (Å²) in [6.07, 6.45) is 0. The number of nitrogens with zero attached hydrogens (tertiary/aromatic N) is 2. The first kappa shape index (κ1) is 14.4. The van der Waals surface area contributed by atoms with E-state index in [1.807, 2.05) is 61.5 Å². The molecule has 0 N–H and O–H groups in total. The molecule has 0 spiro atoms. The van der Waals surface area contributed by atoms with Crippen LogP contribution >= 0.6 is 22.7 Å². The molecule has 2 aromatic heterocycles. The van der Waals surface area contributed by atoms with E-state index in [9.17, 15) is 4.79 Å². The SMILES string of the molecule is CCN(C(=O)c1cc2ccccc2s1)c1nc2ccccc2s1. The van der Waals surface area contributed by atoms with E-state index < -0.39 is 0 Å². The number of para-hydroxylation sites is 1. The van der Waals surface area contributed by atoms with Crippen molar-refractivity contribution < 1.29 is 4.79 Å². The zero-order chi connectivity index (χ0) is 15.8. The van der Waals surface area contributed by atoms with Gasteiger partial charge in [-0.3, -0.25) is 9.69 Å². The van der Waals surface area contributed by atoms with Crippen molar-refractivity contribution in [3.05, 3.63) is 59.5 Å². The Morgan fingerprint density at radius 1 is 1.04 bits per heavy atom. The van der Waals surface area contributed by atoms with Crippen molar-refractivity contribution in [2.75, 3.05) is 11.4 Å². The number of carbonyl (C=O) groups is 1. The summed E-state index contributed by atoms with van der Waals surface area (Å²) in [5.74, 6) is 0.0211. The van der Waals surface area contributed by atoms with Gasteiger partial charge in [-0.15, -0.1) is 11.3 Å². The molecule has 2 heterocycles. The number of hydrogen-bond donors (Lipinski definition) is 0. The Morgan fingerprint density at radius 3 is 2.52 bits per heavy atom. The number of amides is 1. The number of thiophene rings is 1. The second-order valence-electron chi connectivity index (χ2n) is 5.16. The molecule has 5 heteroatoms. The molecule has 0 bridgehead atoms. The zero-order valence-corrected chi connectivity index (χ0v) is 14.2. The lowest BCUT2D eigenvalue weighted by Crippen LogP contribution is -2.29. The molecule has 0 radical (unpaired) electrons. The van der Waals surface area contributed by atoms with E-state index in [1.54, 1.807) is 16.2 Å². The molecule has 0 unspecified atom stereocenters. The molecule has 4 aromatic rings. The molecule has 1 amide bonds. The van der Waals surface area contributed by atoms with Gasteiger partial charge in [0.05, 0.1) is 15.1 Å². The first-order chi connectivity index (χ1) is 11.3. The summed E-state index contributed by atoms with van der Waals surface area (Å²) in [5.41, 5.74) is 0.940. The second kappa shape index (κ2) is 5.76. The highest BCUT2D eigenvalue weighted by Crippen LogP contribution is 2.32. The minimum absolute atomic E-state index is 0.0211. The van der Waals surface area contributed by atoms with Gasteiger partial charge in [0.15, 0.2) is 5.13 Å². The van der Waals surface area contributed by atoms with Gasteiger partial charge < -0.3 is 0 Å². The highest BCUT2D eigenvalue weighted by Gasteiger charge is 2.21. The summed E-state index contributed by atoms with van der Waals surface area (Å²) in [5, 5.41) is 1.87. The van der Waals surface area contributed by atoms with Gasteiger partial charge in [-0.1, -0.05) is 41.7 Å². The summed E-state index contributed by atoms with van der Waals surface area (Å²) in [4.78, 5) is 20.1. The Bertz CT molecular complexity index is 936. The largest absolute Gasteiger partial charge is 0.284 e. The van der Waals surface area contributed by atoms with Gasteiger partial charge in [-0.05, 0) is 36.6 Å². The topological polar surface area (TPSA) is 33.2 Å². The fourth-order valence-corrected chi connectivity index (χ4v) is 4.60. The fourth-order valence-electron chi connectivity index (χ4n) is 2.56. The van der Waals surface area contributed by atoms with E-state index >= 15 is 0 Å². The number of rotatable bonds is 3. The van der Waals surface area contributed by atoms with Crippen LogP contribution in [-0.4, -0.2) is 17.4 Å². The molecule has 0 fully saturated rings. The van der Waals surface area contributed by atoms with Crippen molar-refractivity contribution >= 4 is 54.0 Å². The van der Waals surface area contributed by atoms with Gasteiger partial charge in [-0.25, -0.2) is 4.98 Å². The van der Waals surface area contributed by atoms with Gasteiger partial charge in [0.25, 0.3) is 5.91 Å². The minimum atomic E-state index is 0.0211. The van der Waals surface area contributed by atoms with Crippen LogP contribution in [0.2, 0.25) is 0 Å². The summed E-state index contributed by atoms with van der Waals surface area (Å²) in [7, 11) is 0. The van der Waals surface area contributed by atoms with Crippen molar-refractivity contribution in [2.24, 2.45) is 0 Å². The van der Waals surface area contributed by atoms with Crippen LogP contribution in [0.5, 0.6) is 0 Å². The van der Waals surface area contributed by atoms with Gasteiger partial charge in [0.2, 0.25) is 0 Å². The average molecular weight is 338 g/mol. The van der Waals surface area contributed by atoms with E-state index in [0.29, 0.717) is 6.54 Å². The fraction of sp³-hybridized carbons (Fsp3) is 0.111. The van der Waals surface area contributed by atoms with Crippen molar-refractivity contribution in [3.8, 4) is 0 Å². The third-order valence-electron chi connectivity index (χ3n) is 3.71. The number of aromatic nitrogens is 1. The molecule has 0 aliphatic heterocycles. The van der Waals surface area contributed by atoms with Crippen molar-refractivity contribution in [1.29, 1.82) is 0 Å². The highest BCUT2D eigenvalue weighted by atomic mass is 32.1. The third kappa shape index (κ3) is 2.52. The number of hydrogen-bond acceptors (Lipinski definition) is 4. The quantitative estimate of drug-likeness (QED) is 0.516. The van der Waals surface area contributed by atoms with Gasteiger partial charge >= 0.3 is 0 Å². The highest BCUT2D eigenvalue weighted by molar-refractivity contribution is 7.23. The Kier molecular flexibility index (Phi) is 3.59. The van der Waals surface area contributed by atoms with E-state index in [0.717, 1.165) is 30.3 Å². The van der Waals surface area contributed by atoms with Crippen LogP contribution in [0.25, 0.3) is 20.3 Å². The number of thiazole rings is 1. The van der Waals surface area contributed by atoms with Crippen molar-refractivity contribution in [1.82, 2.24) is 4.98 Å². The molecule has 23 heavy (non-hydrogen) atoms. The molecule has 0 saturated heterocycles. The van der Waals surface area contributed by atoms with Crippen LogP contribution in [0, 0.1) is 0 Å². The maximum absolute atomic E-state index is 12.9. The molecule has 2 aromatic carbocycles. The number of carbonyl (C=O) groups excluding carboxylic acids is 1. The predicted molar refractivity (Wildman–Crippen MR) is 98.8 cm³/mol. The second-order valence-corrected chi connectivity index (χ2v) is 7.25. The molecule has 0 aliphatic carbocycles. The maximum Gasteiger partial charge on any atom is 0.270 e. The molecule has 0 aliphatic rings. The molecule has 3 nitrogen and oxygen atoms in total. The molecular weight excluding hydrogens is 324 g/mol. The third-order valence-corrected chi connectivity index (χ3v) is 5.87. The molecular formula is C18H14N2OS2. The van der Waals surface area contributed by atoms with Crippen LogP contribution in [0.4, 0.5) is 5.13 Å². The maximum atomic E-state index is 12.9. The standard InChI is InChI=1S/C18H14N2OS2/c1-2-20(18-19-13-8-4-6-10-15(13)23-18)17(21)16-11-12-7-3-5-9-14(12)22-16/h3-11H,2H2,1H3. The lowest BCUT2D eigenvalue weighted by molar-refractivity contribution is 0.0992. The van der Waals surface area contributed by atoms with Crippen LogP contribution in [0.1, 0.15) is 16.6 Å². The summed E-state index contributed by atoms with van der Waals surface area (Å²) >= 11 is 3.09. The average Bonchev–Trinajstić information content (AvgIpc) is 3.19. The van der Waals surface area contributed by atoms with E-state index in [2.05, 4.69) is 4.98 Å². The number of benzene rings is 2. The van der Waals surface area contributed by atoms with E-state index in [4.69, 9.17) is 0 Å². The number of anilines is 1. The Balaban J connectivity index is 1.74. The van der Waals surface area contributed by atoms with Crippen molar-refractivity contribution in [3.63, 3.8) is 0 Å². The Morgan fingerprint density at radius 2 is 1.78 bits per heavy atom. The molecule has 114 valence electrons. The summed E-state index contributed by atoms with van der Waals surface area (Å²) < 4.78 is 2.24. The van der Waals surface area contributed by atoms with Crippen LogP contribution in [0.15, 0.2) is 54.6 Å². The Labute approximate surface area is 141 Å². The predicted octanol–water partition coefficient (Wildman–Crippen LogP) is 5.18. The lowest BCUT2D eigenvalue weighted by Gasteiger charge is -2.16. The van der Waals surface area contributed by atoms with E-state index in [-0.39, 0.29) is 5.91 Å². The van der Waals surface area contributed by atoms with Gasteiger partial charge in [-0.2, -0.15) is 0 Å². The lowest BCUT2D eigenvalue weighted by atomic mass is 10.2. The smallest absolute Gasteiger partial charge is 0.270 e. The van der Waals surface area contributed by atoms with E-state index in [1.165, 1.54) is 11.3 Å².